The van der Waals surface area contributed by atoms with Crippen LogP contribution in [0.5, 0.6) is 5.75 Å². The fourth-order valence-corrected chi connectivity index (χ4v) is 2.57. The molecule has 0 fully saturated rings. The van der Waals surface area contributed by atoms with Crippen LogP contribution in [-0.4, -0.2) is 19.0 Å². The van der Waals surface area contributed by atoms with Crippen LogP contribution in [0.2, 0.25) is 0 Å². The zero-order valence-electron chi connectivity index (χ0n) is 13.2. The van der Waals surface area contributed by atoms with Gasteiger partial charge in [0.05, 0.1) is 19.1 Å². The second kappa shape index (κ2) is 6.96. The lowest BCUT2D eigenvalue weighted by Gasteiger charge is -2.08. The van der Waals surface area contributed by atoms with Crippen molar-refractivity contribution in [2.24, 2.45) is 0 Å². The minimum atomic E-state index is -0.470. The molecule has 0 radical (unpaired) electrons. The molecule has 0 heterocycles. The van der Waals surface area contributed by atoms with E-state index in [-0.39, 0.29) is 12.4 Å². The largest absolute Gasteiger partial charge is 0.465 e. The Kier molecular flexibility index (Phi) is 4.57. The van der Waals surface area contributed by atoms with E-state index in [0.717, 1.165) is 16.3 Å². The molecule has 0 saturated carbocycles. The van der Waals surface area contributed by atoms with Crippen LogP contribution in [0.3, 0.4) is 0 Å². The molecule has 0 spiro atoms. The van der Waals surface area contributed by atoms with E-state index in [4.69, 9.17) is 4.74 Å². The topological polar surface area (TPSA) is 52.6 Å². The van der Waals surface area contributed by atoms with Gasteiger partial charge in [0.2, 0.25) is 0 Å². The maximum absolute atomic E-state index is 12.2. The number of rotatable bonds is 4. The zero-order chi connectivity index (χ0) is 16.9. The third-order valence-corrected chi connectivity index (χ3v) is 3.70. The van der Waals surface area contributed by atoms with Gasteiger partial charge in [-0.15, -0.1) is 0 Å². The summed E-state index contributed by atoms with van der Waals surface area (Å²) in [5, 5.41) is 2.11. The lowest BCUT2D eigenvalue weighted by atomic mass is 10.0. The van der Waals surface area contributed by atoms with Crippen LogP contribution in [0.4, 0.5) is 0 Å². The van der Waals surface area contributed by atoms with E-state index in [1.165, 1.54) is 13.2 Å². The number of methoxy groups -OCH3 is 1. The second-order valence-electron chi connectivity index (χ2n) is 5.31. The average molecular weight is 320 g/mol. The highest BCUT2D eigenvalue weighted by Gasteiger charge is 2.11. The molecule has 3 rings (SSSR count). The summed E-state index contributed by atoms with van der Waals surface area (Å²) in [6.45, 7) is 0. The molecule has 0 aliphatic heterocycles. The molecule has 3 aromatic carbocycles. The van der Waals surface area contributed by atoms with E-state index in [9.17, 15) is 9.59 Å². The first-order valence-corrected chi connectivity index (χ1v) is 7.53. The Morgan fingerprint density at radius 3 is 2.50 bits per heavy atom. The van der Waals surface area contributed by atoms with Gasteiger partial charge in [0.25, 0.3) is 0 Å². The molecule has 0 aromatic heterocycles. The number of hydrogen-bond donors (Lipinski definition) is 0. The van der Waals surface area contributed by atoms with Gasteiger partial charge in [0, 0.05) is 0 Å². The number of benzene rings is 3. The maximum atomic E-state index is 12.2. The zero-order valence-corrected chi connectivity index (χ0v) is 13.2. The molecule has 0 aliphatic rings. The van der Waals surface area contributed by atoms with Crippen molar-refractivity contribution < 1.29 is 19.1 Å². The highest BCUT2D eigenvalue weighted by molar-refractivity contribution is 5.91. The number of hydrogen-bond acceptors (Lipinski definition) is 4. The van der Waals surface area contributed by atoms with E-state index < -0.39 is 5.97 Å². The van der Waals surface area contributed by atoms with Gasteiger partial charge in [-0.2, -0.15) is 0 Å². The summed E-state index contributed by atoms with van der Waals surface area (Å²) in [5.74, 6) is -0.529. The Morgan fingerprint density at radius 2 is 1.67 bits per heavy atom. The molecule has 4 nitrogen and oxygen atoms in total. The lowest BCUT2D eigenvalue weighted by molar-refractivity contribution is -0.133. The van der Waals surface area contributed by atoms with Crippen LogP contribution in [0, 0.1) is 0 Å². The van der Waals surface area contributed by atoms with Crippen molar-refractivity contribution in [2.45, 2.75) is 6.42 Å². The third-order valence-electron chi connectivity index (χ3n) is 3.70. The molecule has 0 aliphatic carbocycles. The smallest absolute Gasteiger partial charge is 0.337 e. The van der Waals surface area contributed by atoms with Gasteiger partial charge in [-0.3, -0.25) is 4.79 Å². The van der Waals surface area contributed by atoms with Crippen LogP contribution in [0.15, 0.2) is 66.7 Å². The minimum Gasteiger partial charge on any atom is -0.465 e. The van der Waals surface area contributed by atoms with Crippen molar-refractivity contribution in [3.8, 4) is 5.75 Å². The molecule has 0 atom stereocenters. The summed E-state index contributed by atoms with van der Waals surface area (Å²) in [6, 6.07) is 20.1. The van der Waals surface area contributed by atoms with Gasteiger partial charge in [0.1, 0.15) is 5.75 Å². The van der Waals surface area contributed by atoms with Crippen LogP contribution in [0.25, 0.3) is 10.8 Å². The first-order chi connectivity index (χ1) is 11.7. The second-order valence-corrected chi connectivity index (χ2v) is 5.31. The van der Waals surface area contributed by atoms with Crippen molar-refractivity contribution in [3.63, 3.8) is 0 Å². The predicted molar refractivity (Wildman–Crippen MR) is 91.1 cm³/mol. The van der Waals surface area contributed by atoms with Crippen LogP contribution < -0.4 is 4.74 Å². The first-order valence-electron chi connectivity index (χ1n) is 7.53. The van der Waals surface area contributed by atoms with Gasteiger partial charge in [-0.25, -0.2) is 4.79 Å². The normalized spacial score (nSPS) is 10.4. The fraction of sp³-hybridized carbons (Fsp3) is 0.100. The summed E-state index contributed by atoms with van der Waals surface area (Å²) >= 11 is 0. The standard InChI is InChI=1S/C20H16O4/c1-23-20(22)16-9-5-10-17(12-16)24-19(21)13-15-8-4-7-14-6-2-3-11-18(14)15/h2-12H,13H2,1H3. The molecule has 3 aromatic rings. The van der Waals surface area contributed by atoms with Crippen LogP contribution >= 0.6 is 0 Å². The Bertz CT molecular complexity index is 894. The monoisotopic (exact) mass is 320 g/mol. The van der Waals surface area contributed by atoms with Crippen molar-refractivity contribution in [3.05, 3.63) is 77.9 Å². The van der Waals surface area contributed by atoms with Gasteiger partial charge < -0.3 is 9.47 Å². The molecular weight excluding hydrogens is 304 g/mol. The quantitative estimate of drug-likeness (QED) is 0.542. The Hall–Kier alpha value is -3.14. The third kappa shape index (κ3) is 3.43. The lowest BCUT2D eigenvalue weighted by Crippen LogP contribution is -2.12. The molecule has 24 heavy (non-hydrogen) atoms. The molecule has 0 unspecified atom stereocenters. The minimum absolute atomic E-state index is 0.157. The van der Waals surface area contributed by atoms with Crippen molar-refractivity contribution in [1.82, 2.24) is 0 Å². The summed E-state index contributed by atoms with van der Waals surface area (Å²) in [6.07, 6.45) is 0.157. The first kappa shape index (κ1) is 15.7. The molecule has 0 bridgehead atoms. The highest BCUT2D eigenvalue weighted by atomic mass is 16.5. The number of carbonyl (C=O) groups excluding carboxylic acids is 2. The SMILES string of the molecule is COC(=O)c1cccc(OC(=O)Cc2cccc3ccccc23)c1. The number of fused-ring (bicyclic) bond motifs is 1. The Balaban J connectivity index is 1.77. The van der Waals surface area contributed by atoms with E-state index in [0.29, 0.717) is 11.3 Å². The maximum Gasteiger partial charge on any atom is 0.337 e. The van der Waals surface area contributed by atoms with E-state index >= 15 is 0 Å². The number of carbonyl (C=O) groups is 2. The van der Waals surface area contributed by atoms with Gasteiger partial charge in [0.15, 0.2) is 0 Å². The van der Waals surface area contributed by atoms with Gasteiger partial charge in [-0.05, 0) is 34.5 Å². The molecular formula is C20H16O4. The number of ether oxygens (including phenoxy) is 2. The fourth-order valence-electron chi connectivity index (χ4n) is 2.57. The van der Waals surface area contributed by atoms with E-state index in [2.05, 4.69) is 4.74 Å². The Labute approximate surface area is 139 Å². The van der Waals surface area contributed by atoms with Gasteiger partial charge in [-0.1, -0.05) is 48.5 Å². The van der Waals surface area contributed by atoms with Crippen molar-refractivity contribution in [2.75, 3.05) is 7.11 Å². The van der Waals surface area contributed by atoms with Gasteiger partial charge >= 0.3 is 11.9 Å². The summed E-state index contributed by atoms with van der Waals surface area (Å²) in [4.78, 5) is 23.8. The molecule has 120 valence electrons. The average Bonchev–Trinajstić information content (AvgIpc) is 2.61. The molecule has 4 heteroatoms. The van der Waals surface area contributed by atoms with E-state index in [1.807, 2.05) is 42.5 Å². The van der Waals surface area contributed by atoms with Crippen LogP contribution in [-0.2, 0) is 16.0 Å². The molecule has 0 amide bonds. The van der Waals surface area contributed by atoms with Crippen LogP contribution in [0.1, 0.15) is 15.9 Å². The number of esters is 2. The summed E-state index contributed by atoms with van der Waals surface area (Å²) in [7, 11) is 1.31. The van der Waals surface area contributed by atoms with Crippen molar-refractivity contribution in [1.29, 1.82) is 0 Å². The Morgan fingerprint density at radius 1 is 0.917 bits per heavy atom. The summed E-state index contributed by atoms with van der Waals surface area (Å²) < 4.78 is 10.0. The van der Waals surface area contributed by atoms with Crippen molar-refractivity contribution >= 4 is 22.7 Å². The molecule has 0 N–H and O–H groups in total. The highest BCUT2D eigenvalue weighted by Crippen LogP contribution is 2.20. The van der Waals surface area contributed by atoms with E-state index in [1.54, 1.807) is 18.2 Å². The summed E-state index contributed by atoms with van der Waals surface area (Å²) in [5.41, 5.74) is 1.25. The molecule has 0 saturated heterocycles. The predicted octanol–water partition coefficient (Wildman–Crippen LogP) is 3.77.